The number of carbonyl (C=O) groups is 1. The predicted molar refractivity (Wildman–Crippen MR) is 71.6 cm³/mol. The van der Waals surface area contributed by atoms with Crippen molar-refractivity contribution in [1.29, 1.82) is 5.26 Å². The third kappa shape index (κ3) is 1.38. The second-order valence-electron chi connectivity index (χ2n) is 4.14. The Kier molecular flexibility index (Phi) is 2.32. The van der Waals surface area contributed by atoms with Crippen LogP contribution in [-0.2, 0) is 0 Å². The minimum atomic E-state index is 0.620. The lowest BCUT2D eigenvalue weighted by Gasteiger charge is -2.07. The fourth-order valence-corrected chi connectivity index (χ4v) is 2.34. The summed E-state index contributed by atoms with van der Waals surface area (Å²) in [5.41, 5.74) is 1.25. The maximum Gasteiger partial charge on any atom is 0.150 e. The lowest BCUT2D eigenvalue weighted by Crippen LogP contribution is -1.88. The molecule has 0 spiro atoms. The summed E-state index contributed by atoms with van der Waals surface area (Å²) in [6, 6.07) is 17.4. The molecule has 84 valence electrons. The molecule has 0 aromatic heterocycles. The summed E-state index contributed by atoms with van der Waals surface area (Å²) in [4.78, 5) is 11.1. The van der Waals surface area contributed by atoms with Gasteiger partial charge in [-0.15, -0.1) is 0 Å². The molecule has 0 aliphatic rings. The number of nitriles is 1. The summed E-state index contributed by atoms with van der Waals surface area (Å²) in [6.07, 6.45) is 0.832. The molecule has 2 nitrogen and oxygen atoms in total. The monoisotopic (exact) mass is 231 g/mol. The highest BCUT2D eigenvalue weighted by Gasteiger charge is 2.08. The Morgan fingerprint density at radius 1 is 0.944 bits per heavy atom. The average molecular weight is 231 g/mol. The molecule has 3 aromatic rings. The predicted octanol–water partition coefficient (Wildman–Crippen LogP) is 3.68. The van der Waals surface area contributed by atoms with E-state index in [4.69, 9.17) is 0 Å². The van der Waals surface area contributed by atoms with Crippen LogP contribution in [0.4, 0.5) is 0 Å². The van der Waals surface area contributed by atoms with Crippen molar-refractivity contribution in [1.82, 2.24) is 0 Å². The van der Waals surface area contributed by atoms with Gasteiger partial charge in [0, 0.05) is 16.3 Å². The Balaban J connectivity index is 2.63. The zero-order valence-electron chi connectivity index (χ0n) is 9.55. The molecule has 0 radical (unpaired) electrons. The van der Waals surface area contributed by atoms with Gasteiger partial charge in [-0.3, -0.25) is 4.79 Å². The number of benzene rings is 3. The lowest BCUT2D eigenvalue weighted by molar-refractivity contribution is 0.112. The van der Waals surface area contributed by atoms with Crippen LogP contribution in [0.3, 0.4) is 0 Å². The van der Waals surface area contributed by atoms with Gasteiger partial charge < -0.3 is 0 Å². The number of carbonyl (C=O) groups excluding carboxylic acids is 1. The van der Waals surface area contributed by atoms with Gasteiger partial charge in [0.05, 0.1) is 5.56 Å². The Morgan fingerprint density at radius 2 is 1.72 bits per heavy atom. The van der Waals surface area contributed by atoms with Crippen molar-refractivity contribution in [2.24, 2.45) is 0 Å². The standard InChI is InChI=1S/C16H9NO/c17-9-16-13-6-2-1-4-11(13)8-15-12(10-18)5-3-7-14(15)16/h1-8,10H. The maximum atomic E-state index is 11.1. The summed E-state index contributed by atoms with van der Waals surface area (Å²) < 4.78 is 0. The molecule has 3 aromatic carbocycles. The number of rotatable bonds is 1. The molecule has 0 aliphatic carbocycles. The van der Waals surface area contributed by atoms with E-state index < -0.39 is 0 Å². The first kappa shape index (κ1) is 10.5. The van der Waals surface area contributed by atoms with Crippen molar-refractivity contribution >= 4 is 27.8 Å². The first-order chi connectivity index (χ1) is 8.85. The zero-order chi connectivity index (χ0) is 12.5. The topological polar surface area (TPSA) is 40.9 Å². The highest BCUT2D eigenvalue weighted by Crippen LogP contribution is 2.29. The number of aldehydes is 1. The molecule has 18 heavy (non-hydrogen) atoms. The van der Waals surface area contributed by atoms with Gasteiger partial charge >= 0.3 is 0 Å². The normalized spacial score (nSPS) is 10.4. The highest BCUT2D eigenvalue weighted by molar-refractivity contribution is 6.09. The van der Waals surface area contributed by atoms with E-state index in [0.29, 0.717) is 11.1 Å². The SMILES string of the molecule is N#Cc1c2ccccc2cc2c(C=O)cccc12. The molecular weight excluding hydrogens is 222 g/mol. The maximum absolute atomic E-state index is 11.1. The largest absolute Gasteiger partial charge is 0.298 e. The number of fused-ring (bicyclic) bond motifs is 2. The molecule has 0 unspecified atom stereocenters. The summed E-state index contributed by atoms with van der Waals surface area (Å²) in [5, 5.41) is 12.9. The molecule has 0 fully saturated rings. The number of hydrogen-bond acceptors (Lipinski definition) is 2. The minimum absolute atomic E-state index is 0.620. The molecule has 0 bridgehead atoms. The summed E-state index contributed by atoms with van der Waals surface area (Å²) in [5.74, 6) is 0. The van der Waals surface area contributed by atoms with Crippen LogP contribution in [0.1, 0.15) is 15.9 Å². The van der Waals surface area contributed by atoms with E-state index >= 15 is 0 Å². The first-order valence-corrected chi connectivity index (χ1v) is 5.65. The van der Waals surface area contributed by atoms with E-state index in [1.165, 1.54) is 0 Å². The van der Waals surface area contributed by atoms with E-state index in [9.17, 15) is 10.1 Å². The Labute approximate surface area is 104 Å². The smallest absolute Gasteiger partial charge is 0.150 e. The van der Waals surface area contributed by atoms with Crippen LogP contribution in [0.2, 0.25) is 0 Å². The molecule has 3 rings (SSSR count). The summed E-state index contributed by atoms with van der Waals surface area (Å²) >= 11 is 0. The first-order valence-electron chi connectivity index (χ1n) is 5.65. The third-order valence-corrected chi connectivity index (χ3v) is 3.18. The molecule has 0 N–H and O–H groups in total. The molecule has 0 saturated heterocycles. The summed E-state index contributed by atoms with van der Waals surface area (Å²) in [7, 11) is 0. The minimum Gasteiger partial charge on any atom is -0.298 e. The van der Waals surface area contributed by atoms with E-state index in [0.717, 1.165) is 27.8 Å². The molecular formula is C16H9NO. The van der Waals surface area contributed by atoms with Crippen molar-refractivity contribution < 1.29 is 4.79 Å². The van der Waals surface area contributed by atoms with Crippen LogP contribution in [0, 0.1) is 11.3 Å². The van der Waals surface area contributed by atoms with Crippen LogP contribution >= 0.6 is 0 Å². The number of nitrogens with zero attached hydrogens (tertiary/aromatic N) is 1. The highest BCUT2D eigenvalue weighted by atomic mass is 16.1. The van der Waals surface area contributed by atoms with Crippen molar-refractivity contribution in [3.05, 3.63) is 59.7 Å². The van der Waals surface area contributed by atoms with Gasteiger partial charge in [0.25, 0.3) is 0 Å². The van der Waals surface area contributed by atoms with Crippen LogP contribution in [0.5, 0.6) is 0 Å². The third-order valence-electron chi connectivity index (χ3n) is 3.18. The van der Waals surface area contributed by atoms with E-state index in [1.54, 1.807) is 6.07 Å². The van der Waals surface area contributed by atoms with Crippen molar-refractivity contribution in [3.63, 3.8) is 0 Å². The van der Waals surface area contributed by atoms with Crippen LogP contribution in [-0.4, -0.2) is 6.29 Å². The Hall–Kier alpha value is -2.66. The second-order valence-corrected chi connectivity index (χ2v) is 4.14. The Bertz CT molecular complexity index is 812. The van der Waals surface area contributed by atoms with Gasteiger partial charge in [0.1, 0.15) is 6.07 Å². The molecule has 2 heteroatoms. The fourth-order valence-electron chi connectivity index (χ4n) is 2.34. The van der Waals surface area contributed by atoms with Crippen LogP contribution in [0.15, 0.2) is 48.5 Å². The van der Waals surface area contributed by atoms with E-state index in [-0.39, 0.29) is 0 Å². The van der Waals surface area contributed by atoms with Crippen molar-refractivity contribution in [2.75, 3.05) is 0 Å². The number of hydrogen-bond donors (Lipinski definition) is 0. The van der Waals surface area contributed by atoms with Gasteiger partial charge in [-0.05, 0) is 16.8 Å². The zero-order valence-corrected chi connectivity index (χ0v) is 9.55. The quantitative estimate of drug-likeness (QED) is 0.473. The van der Waals surface area contributed by atoms with Crippen LogP contribution < -0.4 is 0 Å². The van der Waals surface area contributed by atoms with Gasteiger partial charge in [-0.1, -0.05) is 42.5 Å². The van der Waals surface area contributed by atoms with Gasteiger partial charge in [0.2, 0.25) is 0 Å². The average Bonchev–Trinajstić information content (AvgIpc) is 2.44. The molecule has 0 amide bonds. The second kappa shape index (κ2) is 3.97. The molecule has 0 atom stereocenters. The van der Waals surface area contributed by atoms with Crippen LogP contribution in [0.25, 0.3) is 21.5 Å². The van der Waals surface area contributed by atoms with Gasteiger partial charge in [-0.25, -0.2) is 0 Å². The molecule has 0 aliphatic heterocycles. The van der Waals surface area contributed by atoms with Crippen molar-refractivity contribution in [2.45, 2.75) is 0 Å². The van der Waals surface area contributed by atoms with Crippen molar-refractivity contribution in [3.8, 4) is 6.07 Å². The molecule has 0 heterocycles. The molecule has 0 saturated carbocycles. The Morgan fingerprint density at radius 3 is 2.50 bits per heavy atom. The van der Waals surface area contributed by atoms with Gasteiger partial charge in [0.15, 0.2) is 6.29 Å². The summed E-state index contributed by atoms with van der Waals surface area (Å²) in [6.45, 7) is 0. The fraction of sp³-hybridized carbons (Fsp3) is 0. The van der Waals surface area contributed by atoms with E-state index in [1.807, 2.05) is 42.5 Å². The van der Waals surface area contributed by atoms with E-state index in [2.05, 4.69) is 6.07 Å². The van der Waals surface area contributed by atoms with Gasteiger partial charge in [-0.2, -0.15) is 5.26 Å². The lowest BCUT2D eigenvalue weighted by atomic mass is 9.95.